The number of aliphatic imine (C=N–C) groups is 1. The highest BCUT2D eigenvalue weighted by molar-refractivity contribution is 7.81. The highest BCUT2D eigenvalue weighted by Gasteiger charge is 2.47. The number of rotatable bonds is 11. The van der Waals surface area contributed by atoms with Crippen LogP contribution in [-0.4, -0.2) is 85.8 Å². The van der Waals surface area contributed by atoms with Crippen molar-refractivity contribution in [3.05, 3.63) is 23.4 Å². The van der Waals surface area contributed by atoms with E-state index in [1.165, 1.54) is 41.5 Å². The third-order valence-corrected chi connectivity index (χ3v) is 7.36. The molecule has 2 heterocycles. The van der Waals surface area contributed by atoms with E-state index in [9.17, 15) is 45.4 Å². The molecule has 1 saturated heterocycles. The van der Waals surface area contributed by atoms with Crippen LogP contribution in [0.3, 0.4) is 0 Å². The number of halogens is 7. The summed E-state index contributed by atoms with van der Waals surface area (Å²) in [5.74, 6) is -5.71. The molecule has 0 spiro atoms. The quantitative estimate of drug-likeness (QED) is 0.140. The number of pyridine rings is 1. The summed E-state index contributed by atoms with van der Waals surface area (Å²) in [6.07, 6.45) is -8.34. The molecule has 1 fully saturated rings. The number of hydrogen-bond donors (Lipinski definition) is 3. The predicted molar refractivity (Wildman–Crippen MR) is 146 cm³/mol. The zero-order valence-electron chi connectivity index (χ0n) is 23.8. The molecule has 0 saturated carbocycles. The van der Waals surface area contributed by atoms with E-state index in [4.69, 9.17) is 12.2 Å². The molecule has 236 valence electrons. The number of nitrogens with zero attached hydrogens (tertiary/aromatic N) is 3. The fraction of sp³-hybridized carbons (Fsp3) is 0.654. The second-order valence-electron chi connectivity index (χ2n) is 10.8. The molecule has 0 aliphatic carbocycles. The molecule has 1 aliphatic rings. The van der Waals surface area contributed by atoms with Gasteiger partial charge in [-0.05, 0) is 47.1 Å². The van der Waals surface area contributed by atoms with Gasteiger partial charge in [0.15, 0.2) is 6.04 Å². The van der Waals surface area contributed by atoms with Crippen LogP contribution in [0.2, 0.25) is 0 Å². The summed E-state index contributed by atoms with van der Waals surface area (Å²) < 4.78 is 96.2. The number of amides is 2. The number of nitrogens with one attached hydrogen (secondary N) is 2. The second-order valence-corrected chi connectivity index (χ2v) is 11.2. The Morgan fingerprint density at radius 1 is 1.29 bits per heavy atom. The zero-order valence-corrected chi connectivity index (χ0v) is 24.6. The maximum absolute atomic E-state index is 14.1. The lowest BCUT2D eigenvalue weighted by Crippen LogP contribution is -2.49. The summed E-state index contributed by atoms with van der Waals surface area (Å²) in [4.78, 5) is 34.3. The molecule has 0 radical (unpaired) electrons. The van der Waals surface area contributed by atoms with E-state index in [1.807, 2.05) is 5.32 Å². The lowest BCUT2D eigenvalue weighted by Gasteiger charge is -2.28. The van der Waals surface area contributed by atoms with E-state index < -0.39 is 101 Å². The Morgan fingerprint density at radius 2 is 1.88 bits per heavy atom. The molecule has 8 nitrogen and oxygen atoms in total. The van der Waals surface area contributed by atoms with Crippen molar-refractivity contribution in [2.24, 2.45) is 4.99 Å². The minimum atomic E-state index is -4.70. The normalized spacial score (nSPS) is 19.8. The topological polar surface area (TPSA) is 107 Å². The number of hydrogen-bond acceptors (Lipinski definition) is 7. The van der Waals surface area contributed by atoms with Gasteiger partial charge in [0.25, 0.3) is 24.2 Å². The fourth-order valence-electron chi connectivity index (χ4n) is 4.10. The molecule has 0 bridgehead atoms. The molecule has 16 heteroatoms. The van der Waals surface area contributed by atoms with E-state index in [0.29, 0.717) is 6.07 Å². The molecule has 2 amide bonds. The number of carbonyl (C=O) groups is 2. The summed E-state index contributed by atoms with van der Waals surface area (Å²) in [7, 11) is 0. The molecule has 0 aromatic carbocycles. The molecule has 3 N–H and O–H groups in total. The van der Waals surface area contributed by atoms with Crippen molar-refractivity contribution in [2.45, 2.75) is 103 Å². The summed E-state index contributed by atoms with van der Waals surface area (Å²) in [5, 5.41) is 14.6. The Kier molecular flexibility index (Phi) is 11.1. The monoisotopic (exact) mass is 629 g/mol. The van der Waals surface area contributed by atoms with Crippen LogP contribution < -0.4 is 10.6 Å². The van der Waals surface area contributed by atoms with Crippen LogP contribution in [0.15, 0.2) is 17.3 Å². The molecule has 1 unspecified atom stereocenters. The number of likely N-dealkylation sites (tertiary alicyclic amines) is 1. The molecule has 4 atom stereocenters. The second kappa shape index (κ2) is 13.2. The largest absolute Gasteiger partial charge is 0.408 e. The number of aliphatic hydroxyl groups is 1. The smallest absolute Gasteiger partial charge is 0.388 e. The van der Waals surface area contributed by atoms with Crippen molar-refractivity contribution < 1.29 is 45.4 Å². The predicted octanol–water partition coefficient (Wildman–Crippen LogP) is 4.85. The SMILES string of the molecule is CC[C@H](Nc1cc(C(F)F)c(C(=S)C(N=C(C)C(=O)N[C@@H](C)C(C)(C)O)C(=O)N2CC(F)(F)C[C@@H]2C)cn1)C(F)(F)F. The Balaban J connectivity index is 2.57. The van der Waals surface area contributed by atoms with Crippen LogP contribution in [0.25, 0.3) is 0 Å². The van der Waals surface area contributed by atoms with Gasteiger partial charge in [-0.15, -0.1) is 0 Å². The van der Waals surface area contributed by atoms with E-state index in [1.54, 1.807) is 0 Å². The Bertz CT molecular complexity index is 1200. The molecular formula is C26H34F7N5O3S. The third kappa shape index (κ3) is 8.82. The zero-order chi connectivity index (χ0) is 32.4. The summed E-state index contributed by atoms with van der Waals surface area (Å²) in [5.41, 5.74) is -3.12. The highest BCUT2D eigenvalue weighted by Crippen LogP contribution is 2.34. The molecule has 42 heavy (non-hydrogen) atoms. The van der Waals surface area contributed by atoms with Gasteiger partial charge < -0.3 is 20.6 Å². The van der Waals surface area contributed by atoms with Gasteiger partial charge in [-0.3, -0.25) is 14.6 Å². The van der Waals surface area contributed by atoms with Gasteiger partial charge in [0.2, 0.25) is 0 Å². The van der Waals surface area contributed by atoms with Crippen LogP contribution in [0, 0.1) is 0 Å². The third-order valence-electron chi connectivity index (χ3n) is 6.91. The number of aromatic nitrogens is 1. The van der Waals surface area contributed by atoms with Crippen LogP contribution >= 0.6 is 12.2 Å². The van der Waals surface area contributed by atoms with Crippen molar-refractivity contribution in [1.29, 1.82) is 0 Å². The van der Waals surface area contributed by atoms with Crippen LogP contribution in [0.5, 0.6) is 0 Å². The fourth-order valence-corrected chi connectivity index (χ4v) is 4.42. The Hall–Kier alpha value is -2.88. The van der Waals surface area contributed by atoms with E-state index >= 15 is 0 Å². The van der Waals surface area contributed by atoms with Crippen molar-refractivity contribution in [3.63, 3.8) is 0 Å². The van der Waals surface area contributed by atoms with Gasteiger partial charge in [0, 0.05) is 29.8 Å². The first-order valence-electron chi connectivity index (χ1n) is 13.0. The number of anilines is 1. The Labute approximate surface area is 244 Å². The van der Waals surface area contributed by atoms with E-state index in [2.05, 4.69) is 15.3 Å². The molecule has 1 aromatic rings. The van der Waals surface area contributed by atoms with Gasteiger partial charge >= 0.3 is 6.18 Å². The van der Waals surface area contributed by atoms with E-state index in [-0.39, 0.29) is 5.71 Å². The van der Waals surface area contributed by atoms with Crippen molar-refractivity contribution in [1.82, 2.24) is 15.2 Å². The van der Waals surface area contributed by atoms with Crippen molar-refractivity contribution in [2.75, 3.05) is 11.9 Å². The summed E-state index contributed by atoms with van der Waals surface area (Å²) in [6.45, 7) is 7.11. The Morgan fingerprint density at radius 3 is 2.33 bits per heavy atom. The highest BCUT2D eigenvalue weighted by atomic mass is 32.1. The van der Waals surface area contributed by atoms with Crippen molar-refractivity contribution in [3.8, 4) is 0 Å². The lowest BCUT2D eigenvalue weighted by molar-refractivity contribution is -0.143. The van der Waals surface area contributed by atoms with Gasteiger partial charge in [-0.1, -0.05) is 19.1 Å². The number of carbonyl (C=O) groups excluding carboxylic acids is 2. The first kappa shape index (κ1) is 35.3. The van der Waals surface area contributed by atoms with Crippen LogP contribution in [-0.2, 0) is 9.59 Å². The summed E-state index contributed by atoms with van der Waals surface area (Å²) in [6, 6.07) is -5.12. The van der Waals surface area contributed by atoms with Crippen LogP contribution in [0.4, 0.5) is 36.6 Å². The standard InChI is InChI=1S/C26H34F7N5O3S/c1-7-17(26(31,32)33)37-18-8-15(21(27)28)16(10-34-18)20(42)19(23(40)38-11-25(29,30)9-12(38)2)35-13(3)22(39)36-14(4)24(5,6)41/h8,10,12,14,17,19,21,41H,7,9,11H2,1-6H3,(H,34,37)(H,36,39)/t12-,14-,17-,19?/m0/s1. The van der Waals surface area contributed by atoms with Crippen molar-refractivity contribution >= 4 is 40.4 Å². The molecule has 2 rings (SSSR count). The maximum Gasteiger partial charge on any atom is 0.408 e. The van der Waals surface area contributed by atoms with Gasteiger partial charge in [-0.2, -0.15) is 13.2 Å². The minimum absolute atomic E-state index is 0.369. The molecular weight excluding hydrogens is 595 g/mol. The van der Waals surface area contributed by atoms with Gasteiger partial charge in [-0.25, -0.2) is 22.5 Å². The lowest BCUT2D eigenvalue weighted by atomic mass is 10.00. The maximum atomic E-state index is 14.1. The minimum Gasteiger partial charge on any atom is -0.388 e. The molecule has 1 aromatic heterocycles. The average Bonchev–Trinajstić information content (AvgIpc) is 3.14. The van der Waals surface area contributed by atoms with E-state index in [0.717, 1.165) is 11.1 Å². The number of thiocarbonyl (C=S) groups is 1. The first-order chi connectivity index (χ1) is 19.1. The summed E-state index contributed by atoms with van der Waals surface area (Å²) >= 11 is 5.33. The number of alkyl halides is 7. The van der Waals surface area contributed by atoms with Crippen LogP contribution in [0.1, 0.15) is 71.9 Å². The van der Waals surface area contributed by atoms with Gasteiger partial charge in [0.05, 0.1) is 28.8 Å². The first-order valence-corrected chi connectivity index (χ1v) is 13.4. The average molecular weight is 630 g/mol. The van der Waals surface area contributed by atoms with Gasteiger partial charge in [0.1, 0.15) is 11.9 Å². The molecule has 1 aliphatic heterocycles.